The van der Waals surface area contributed by atoms with E-state index < -0.39 is 11.4 Å². The molecule has 0 aliphatic carbocycles. The van der Waals surface area contributed by atoms with Crippen LogP contribution in [0.3, 0.4) is 0 Å². The summed E-state index contributed by atoms with van der Waals surface area (Å²) in [5, 5.41) is 0. The molecule has 1 saturated heterocycles. The van der Waals surface area contributed by atoms with E-state index in [-0.39, 0.29) is 0 Å². The average Bonchev–Trinajstić information content (AvgIpc) is 1.82. The Kier molecular flexibility index (Phi) is 3.40. The SMILES string of the molecule is C[C@H]1CN(C)C[C@H](C)N1[S+](C)[O-]. The molecular weight excluding hydrogens is 172 g/mol. The maximum absolute atomic E-state index is 11.3. The third kappa shape index (κ3) is 2.13. The predicted octanol–water partition coefficient (Wildman–Crippen LogP) is 0.304. The topological polar surface area (TPSA) is 29.5 Å². The summed E-state index contributed by atoms with van der Waals surface area (Å²) < 4.78 is 13.4. The van der Waals surface area contributed by atoms with Crippen molar-refractivity contribution in [1.82, 2.24) is 9.21 Å². The van der Waals surface area contributed by atoms with Crippen molar-refractivity contribution in [3.63, 3.8) is 0 Å². The number of likely N-dealkylation sites (N-methyl/N-ethyl adjacent to an activating group) is 1. The zero-order valence-corrected chi connectivity index (χ0v) is 9.10. The van der Waals surface area contributed by atoms with Gasteiger partial charge >= 0.3 is 0 Å². The number of hydrogen-bond donors (Lipinski definition) is 0. The first-order valence-corrected chi connectivity index (χ1v) is 5.84. The fourth-order valence-corrected chi connectivity index (χ4v) is 3.23. The Bertz CT molecular complexity index is 142. The van der Waals surface area contributed by atoms with Crippen molar-refractivity contribution in [1.29, 1.82) is 0 Å². The van der Waals surface area contributed by atoms with Crippen LogP contribution < -0.4 is 0 Å². The molecule has 3 atom stereocenters. The van der Waals surface area contributed by atoms with Crippen molar-refractivity contribution >= 4 is 11.4 Å². The lowest BCUT2D eigenvalue weighted by molar-refractivity contribution is 0.124. The molecule has 1 rings (SSSR count). The molecule has 0 bridgehead atoms. The Morgan fingerprint density at radius 2 is 1.67 bits per heavy atom. The van der Waals surface area contributed by atoms with Gasteiger partial charge in [0.15, 0.2) is 0 Å². The molecule has 1 aliphatic rings. The lowest BCUT2D eigenvalue weighted by Gasteiger charge is -2.40. The molecule has 4 heteroatoms. The maximum atomic E-state index is 11.3. The van der Waals surface area contributed by atoms with Crippen LogP contribution in [0.2, 0.25) is 0 Å². The predicted molar refractivity (Wildman–Crippen MR) is 52.3 cm³/mol. The van der Waals surface area contributed by atoms with E-state index in [0.29, 0.717) is 12.1 Å². The van der Waals surface area contributed by atoms with Gasteiger partial charge in [-0.05, 0) is 20.9 Å². The van der Waals surface area contributed by atoms with Crippen LogP contribution in [0.25, 0.3) is 0 Å². The Hall–Kier alpha value is 0.230. The van der Waals surface area contributed by atoms with Gasteiger partial charge in [-0.1, -0.05) is 0 Å². The van der Waals surface area contributed by atoms with Crippen LogP contribution in [-0.2, 0) is 11.4 Å². The van der Waals surface area contributed by atoms with Crippen LogP contribution in [0.5, 0.6) is 0 Å². The van der Waals surface area contributed by atoms with Crippen molar-refractivity contribution in [2.75, 3.05) is 26.4 Å². The van der Waals surface area contributed by atoms with Crippen molar-refractivity contribution in [2.45, 2.75) is 25.9 Å². The van der Waals surface area contributed by atoms with Crippen molar-refractivity contribution in [3.05, 3.63) is 0 Å². The maximum Gasteiger partial charge on any atom is 0.115 e. The standard InChI is InChI=1S/C8H18N2OS/c1-7-5-9(3)6-8(2)10(7)12(4)11/h7-8H,5-6H2,1-4H3/t7-,8-,12?/m0/s1. The molecule has 0 aromatic heterocycles. The fraction of sp³-hybridized carbons (Fsp3) is 1.00. The summed E-state index contributed by atoms with van der Waals surface area (Å²) in [7, 11) is 2.11. The number of hydrogen-bond acceptors (Lipinski definition) is 3. The zero-order valence-electron chi connectivity index (χ0n) is 8.28. The van der Waals surface area contributed by atoms with Gasteiger partial charge in [0.2, 0.25) is 0 Å². The first-order chi connectivity index (χ1) is 5.52. The number of piperazine rings is 1. The highest BCUT2D eigenvalue weighted by molar-refractivity contribution is 7.88. The van der Waals surface area contributed by atoms with Gasteiger partial charge in [-0.3, -0.25) is 0 Å². The van der Waals surface area contributed by atoms with Gasteiger partial charge in [0.05, 0.1) is 12.1 Å². The van der Waals surface area contributed by atoms with Gasteiger partial charge in [-0.15, -0.1) is 4.31 Å². The molecule has 0 spiro atoms. The van der Waals surface area contributed by atoms with E-state index in [9.17, 15) is 4.55 Å². The van der Waals surface area contributed by atoms with E-state index in [1.807, 2.05) is 0 Å². The third-order valence-corrected chi connectivity index (χ3v) is 3.63. The molecule has 0 N–H and O–H groups in total. The van der Waals surface area contributed by atoms with E-state index in [2.05, 4.69) is 30.1 Å². The highest BCUT2D eigenvalue weighted by Gasteiger charge is 2.33. The van der Waals surface area contributed by atoms with Gasteiger partial charge in [-0.2, -0.15) is 0 Å². The summed E-state index contributed by atoms with van der Waals surface area (Å²) in [6.45, 7) is 6.30. The summed E-state index contributed by atoms with van der Waals surface area (Å²) in [4.78, 5) is 2.29. The third-order valence-electron chi connectivity index (χ3n) is 2.32. The Labute approximate surface area is 78.0 Å². The number of nitrogens with zero attached hydrogens (tertiary/aromatic N) is 2. The number of rotatable bonds is 1. The van der Waals surface area contributed by atoms with Gasteiger partial charge in [0.1, 0.15) is 6.26 Å². The van der Waals surface area contributed by atoms with E-state index in [4.69, 9.17) is 0 Å². The minimum absolute atomic E-state index is 0.407. The van der Waals surface area contributed by atoms with Gasteiger partial charge in [0.25, 0.3) is 0 Å². The van der Waals surface area contributed by atoms with Gasteiger partial charge in [-0.25, -0.2) is 0 Å². The molecule has 0 amide bonds. The zero-order chi connectivity index (χ0) is 9.30. The second-order valence-corrected chi connectivity index (χ2v) is 4.97. The molecular formula is C8H18N2OS. The highest BCUT2D eigenvalue weighted by Crippen LogP contribution is 2.17. The largest absolute Gasteiger partial charge is 0.598 e. The normalized spacial score (nSPS) is 36.8. The quantitative estimate of drug-likeness (QED) is 0.557. The van der Waals surface area contributed by atoms with Crippen LogP contribution >= 0.6 is 0 Å². The van der Waals surface area contributed by atoms with Crippen molar-refractivity contribution in [2.24, 2.45) is 0 Å². The Balaban J connectivity index is 2.60. The molecule has 0 radical (unpaired) electrons. The molecule has 12 heavy (non-hydrogen) atoms. The minimum Gasteiger partial charge on any atom is -0.598 e. The lowest BCUT2D eigenvalue weighted by atomic mass is 10.2. The Morgan fingerprint density at radius 3 is 2.00 bits per heavy atom. The summed E-state index contributed by atoms with van der Waals surface area (Å²) in [5.41, 5.74) is 0. The van der Waals surface area contributed by atoms with Crippen LogP contribution in [0.15, 0.2) is 0 Å². The first-order valence-electron chi connectivity index (χ1n) is 4.32. The summed E-state index contributed by atoms with van der Waals surface area (Å²) in [6, 6.07) is 0.814. The smallest absolute Gasteiger partial charge is 0.115 e. The second-order valence-electron chi connectivity index (χ2n) is 3.70. The monoisotopic (exact) mass is 190 g/mol. The van der Waals surface area contributed by atoms with Crippen LogP contribution in [-0.4, -0.2) is 52.2 Å². The highest BCUT2D eigenvalue weighted by atomic mass is 32.2. The second kappa shape index (κ2) is 3.96. The molecule has 72 valence electrons. The van der Waals surface area contributed by atoms with Crippen LogP contribution in [0.4, 0.5) is 0 Å². The molecule has 0 aromatic rings. The summed E-state index contributed by atoms with van der Waals surface area (Å²) in [6.07, 6.45) is 1.76. The van der Waals surface area contributed by atoms with E-state index in [1.165, 1.54) is 0 Å². The molecule has 1 fully saturated rings. The molecule has 3 nitrogen and oxygen atoms in total. The average molecular weight is 190 g/mol. The Morgan fingerprint density at radius 1 is 1.25 bits per heavy atom. The summed E-state index contributed by atoms with van der Waals surface area (Å²) in [5.74, 6) is 0. The molecule has 1 heterocycles. The van der Waals surface area contributed by atoms with Gasteiger partial charge in [0, 0.05) is 24.5 Å². The van der Waals surface area contributed by atoms with Crippen molar-refractivity contribution < 1.29 is 4.55 Å². The molecule has 0 saturated carbocycles. The molecule has 1 unspecified atom stereocenters. The minimum atomic E-state index is -0.820. The summed E-state index contributed by atoms with van der Waals surface area (Å²) >= 11 is -0.820. The molecule has 0 aromatic carbocycles. The fourth-order valence-electron chi connectivity index (χ4n) is 2.08. The van der Waals surface area contributed by atoms with Gasteiger partial charge < -0.3 is 9.45 Å². The lowest BCUT2D eigenvalue weighted by Crippen LogP contribution is -2.57. The molecule has 1 aliphatic heterocycles. The van der Waals surface area contributed by atoms with E-state index in [0.717, 1.165) is 13.1 Å². The van der Waals surface area contributed by atoms with Crippen molar-refractivity contribution in [3.8, 4) is 0 Å². The van der Waals surface area contributed by atoms with Crippen LogP contribution in [0.1, 0.15) is 13.8 Å². The van der Waals surface area contributed by atoms with E-state index >= 15 is 0 Å². The first kappa shape index (κ1) is 10.3. The van der Waals surface area contributed by atoms with E-state index in [1.54, 1.807) is 6.26 Å². The van der Waals surface area contributed by atoms with Crippen LogP contribution in [0, 0.1) is 0 Å².